The molecule has 1 aromatic heterocycles. The Morgan fingerprint density at radius 2 is 1.94 bits per heavy atom. The van der Waals surface area contributed by atoms with Gasteiger partial charge in [-0.3, -0.25) is 19.5 Å². The molecule has 1 unspecified atom stereocenters. The van der Waals surface area contributed by atoms with E-state index in [1.165, 1.54) is 0 Å². The van der Waals surface area contributed by atoms with Gasteiger partial charge in [0, 0.05) is 31.9 Å². The molecule has 1 atom stereocenters. The number of hydrogen-bond donors (Lipinski definition) is 2. The zero-order valence-corrected chi connectivity index (χ0v) is 18.6. The third kappa shape index (κ3) is 5.85. The lowest BCUT2D eigenvalue weighted by atomic mass is 9.92. The Labute approximate surface area is 189 Å². The van der Waals surface area contributed by atoms with E-state index in [4.69, 9.17) is 4.74 Å². The van der Waals surface area contributed by atoms with Gasteiger partial charge < -0.3 is 15.4 Å². The van der Waals surface area contributed by atoms with E-state index < -0.39 is 6.04 Å². The molecule has 0 radical (unpaired) electrons. The van der Waals surface area contributed by atoms with Crippen LogP contribution in [0.3, 0.4) is 0 Å². The minimum Gasteiger partial charge on any atom is -0.489 e. The molecule has 2 heterocycles. The Hall–Kier alpha value is -2.93. The van der Waals surface area contributed by atoms with Crippen molar-refractivity contribution in [3.8, 4) is 5.75 Å². The summed E-state index contributed by atoms with van der Waals surface area (Å²) in [6.45, 7) is 3.98. The highest BCUT2D eigenvalue weighted by molar-refractivity contribution is 5.88. The molecule has 32 heavy (non-hydrogen) atoms. The minimum atomic E-state index is -0.433. The van der Waals surface area contributed by atoms with E-state index in [9.17, 15) is 9.59 Å². The summed E-state index contributed by atoms with van der Waals surface area (Å²) in [5.74, 6) is 0.714. The van der Waals surface area contributed by atoms with Crippen LogP contribution in [0.1, 0.15) is 43.4 Å². The van der Waals surface area contributed by atoms with Gasteiger partial charge in [-0.1, -0.05) is 30.3 Å². The number of piperazine rings is 1. The number of carbonyl (C=O) groups excluding carboxylic acids is 2. The Kier molecular flexibility index (Phi) is 7.37. The zero-order chi connectivity index (χ0) is 22.3. The quantitative estimate of drug-likeness (QED) is 0.697. The second kappa shape index (κ2) is 10.6. The van der Waals surface area contributed by atoms with Crippen LogP contribution in [0.4, 0.5) is 0 Å². The molecule has 0 spiro atoms. The average Bonchev–Trinajstić information content (AvgIpc) is 2.80. The summed E-state index contributed by atoms with van der Waals surface area (Å²) in [6, 6.07) is 13.6. The van der Waals surface area contributed by atoms with E-state index in [-0.39, 0.29) is 30.4 Å². The first-order chi connectivity index (χ1) is 15.6. The molecule has 1 saturated heterocycles. The van der Waals surface area contributed by atoms with Crippen LogP contribution in [0.5, 0.6) is 5.75 Å². The Morgan fingerprint density at radius 1 is 1.16 bits per heavy atom. The van der Waals surface area contributed by atoms with Crippen LogP contribution in [-0.4, -0.2) is 53.0 Å². The van der Waals surface area contributed by atoms with Crippen LogP contribution in [0.15, 0.2) is 48.7 Å². The fourth-order valence-electron chi connectivity index (χ4n) is 4.55. The van der Waals surface area contributed by atoms with Crippen molar-refractivity contribution in [3.63, 3.8) is 0 Å². The number of aryl methyl sites for hydroxylation is 1. The number of hydrogen-bond acceptors (Lipinski definition) is 5. The van der Waals surface area contributed by atoms with Gasteiger partial charge in [-0.05, 0) is 50.3 Å². The fraction of sp³-hybridized carbons (Fsp3) is 0.480. The second-order valence-corrected chi connectivity index (χ2v) is 8.71. The molecule has 2 aromatic rings. The molecule has 4 rings (SSSR count). The average molecular weight is 437 g/mol. The maximum atomic E-state index is 12.8. The Balaban J connectivity index is 1.26. The van der Waals surface area contributed by atoms with Crippen molar-refractivity contribution in [1.82, 2.24) is 20.5 Å². The number of nitrogens with one attached hydrogen (secondary N) is 2. The maximum absolute atomic E-state index is 12.8. The van der Waals surface area contributed by atoms with Crippen molar-refractivity contribution in [2.75, 3.05) is 13.1 Å². The number of carbonyl (C=O) groups is 2. The van der Waals surface area contributed by atoms with E-state index >= 15 is 0 Å². The lowest BCUT2D eigenvalue weighted by Crippen LogP contribution is -2.56. The van der Waals surface area contributed by atoms with Gasteiger partial charge in [0.1, 0.15) is 5.75 Å². The first-order valence-corrected chi connectivity index (χ1v) is 11.5. The smallest absolute Gasteiger partial charge is 0.237 e. The Bertz CT molecular complexity index is 912. The Morgan fingerprint density at radius 3 is 2.69 bits per heavy atom. The van der Waals surface area contributed by atoms with Crippen molar-refractivity contribution < 1.29 is 14.3 Å². The number of nitrogens with zero attached hydrogens (tertiary/aromatic N) is 2. The first kappa shape index (κ1) is 22.3. The van der Waals surface area contributed by atoms with Crippen LogP contribution < -0.4 is 15.4 Å². The summed E-state index contributed by atoms with van der Waals surface area (Å²) < 4.78 is 6.11. The van der Waals surface area contributed by atoms with E-state index in [2.05, 4.69) is 32.7 Å². The SMILES string of the molecule is Cc1ncccc1OC1CCC(NC(=O)CC2C(=O)NCCN2Cc2ccccc2)CC1. The number of rotatable bonds is 7. The van der Waals surface area contributed by atoms with Gasteiger partial charge in [-0.2, -0.15) is 0 Å². The lowest BCUT2D eigenvalue weighted by Gasteiger charge is -2.35. The van der Waals surface area contributed by atoms with Gasteiger partial charge in [0.05, 0.1) is 24.3 Å². The molecule has 7 nitrogen and oxygen atoms in total. The summed E-state index contributed by atoms with van der Waals surface area (Å²) in [7, 11) is 0. The van der Waals surface area contributed by atoms with Gasteiger partial charge in [-0.25, -0.2) is 0 Å². The molecule has 2 N–H and O–H groups in total. The van der Waals surface area contributed by atoms with Crippen molar-refractivity contribution in [2.45, 2.75) is 63.8 Å². The second-order valence-electron chi connectivity index (χ2n) is 8.71. The monoisotopic (exact) mass is 436 g/mol. The molecule has 2 fully saturated rings. The third-order valence-electron chi connectivity index (χ3n) is 6.34. The van der Waals surface area contributed by atoms with E-state index in [1.54, 1.807) is 6.20 Å². The number of pyridine rings is 1. The number of benzene rings is 1. The van der Waals surface area contributed by atoms with Gasteiger partial charge in [0.15, 0.2) is 0 Å². The molecule has 7 heteroatoms. The molecule has 1 aromatic carbocycles. The zero-order valence-electron chi connectivity index (χ0n) is 18.6. The molecular weight excluding hydrogens is 404 g/mol. The molecule has 1 aliphatic heterocycles. The van der Waals surface area contributed by atoms with Crippen LogP contribution in [0.25, 0.3) is 0 Å². The van der Waals surface area contributed by atoms with Crippen LogP contribution in [0, 0.1) is 6.92 Å². The summed E-state index contributed by atoms with van der Waals surface area (Å²) in [6.07, 6.45) is 5.64. The van der Waals surface area contributed by atoms with E-state index in [0.29, 0.717) is 13.1 Å². The third-order valence-corrected chi connectivity index (χ3v) is 6.34. The number of aromatic nitrogens is 1. The normalized spacial score (nSPS) is 23.9. The predicted molar refractivity (Wildman–Crippen MR) is 122 cm³/mol. The highest BCUT2D eigenvalue weighted by atomic mass is 16.5. The molecule has 170 valence electrons. The summed E-state index contributed by atoms with van der Waals surface area (Å²) >= 11 is 0. The molecule has 2 aliphatic rings. The topological polar surface area (TPSA) is 83.6 Å². The molecule has 1 saturated carbocycles. The number of ether oxygens (including phenoxy) is 1. The van der Waals surface area contributed by atoms with Crippen molar-refractivity contribution in [2.24, 2.45) is 0 Å². The highest BCUT2D eigenvalue weighted by Crippen LogP contribution is 2.25. The summed E-state index contributed by atoms with van der Waals surface area (Å²) in [5, 5.41) is 6.06. The van der Waals surface area contributed by atoms with E-state index in [1.807, 2.05) is 37.3 Å². The van der Waals surface area contributed by atoms with Crippen LogP contribution >= 0.6 is 0 Å². The highest BCUT2D eigenvalue weighted by Gasteiger charge is 2.32. The van der Waals surface area contributed by atoms with Gasteiger partial charge in [0.25, 0.3) is 0 Å². The van der Waals surface area contributed by atoms with Gasteiger partial charge in [-0.15, -0.1) is 0 Å². The largest absolute Gasteiger partial charge is 0.489 e. The maximum Gasteiger partial charge on any atom is 0.237 e. The standard InChI is InChI=1S/C25H32N4O3/c1-18-23(8-5-13-26-18)32-21-11-9-20(10-12-21)28-24(30)16-22-25(31)27-14-15-29(22)17-19-6-3-2-4-7-19/h2-8,13,20-22H,9-12,14-17H2,1H3,(H,27,31)(H,28,30). The van der Waals surface area contributed by atoms with Gasteiger partial charge in [0.2, 0.25) is 11.8 Å². The molecule has 2 amide bonds. The molecule has 1 aliphatic carbocycles. The van der Waals surface area contributed by atoms with Crippen molar-refractivity contribution in [3.05, 3.63) is 59.9 Å². The predicted octanol–water partition coefficient (Wildman–Crippen LogP) is 2.59. The molecule has 0 bridgehead atoms. The number of amides is 2. The van der Waals surface area contributed by atoms with E-state index in [0.717, 1.165) is 49.2 Å². The van der Waals surface area contributed by atoms with Gasteiger partial charge >= 0.3 is 0 Å². The van der Waals surface area contributed by atoms with Crippen molar-refractivity contribution in [1.29, 1.82) is 0 Å². The fourth-order valence-corrected chi connectivity index (χ4v) is 4.55. The lowest BCUT2D eigenvalue weighted by molar-refractivity contribution is -0.134. The molecular formula is C25H32N4O3. The first-order valence-electron chi connectivity index (χ1n) is 11.5. The summed E-state index contributed by atoms with van der Waals surface area (Å²) in [4.78, 5) is 31.7. The van der Waals surface area contributed by atoms with Crippen LogP contribution in [0.2, 0.25) is 0 Å². The van der Waals surface area contributed by atoms with Crippen LogP contribution in [-0.2, 0) is 16.1 Å². The summed E-state index contributed by atoms with van der Waals surface area (Å²) in [5.41, 5.74) is 2.04. The van der Waals surface area contributed by atoms with Crippen molar-refractivity contribution >= 4 is 11.8 Å². The minimum absolute atomic E-state index is 0.0578.